The zero-order valence-electron chi connectivity index (χ0n) is 14.9. The molecule has 3 aromatic rings. The fourth-order valence-electron chi connectivity index (χ4n) is 2.48. The Kier molecular flexibility index (Phi) is 5.57. The molecule has 0 saturated carbocycles. The van der Waals surface area contributed by atoms with E-state index in [0.717, 1.165) is 10.7 Å². The Balaban J connectivity index is 1.71. The molecule has 0 unspecified atom stereocenters. The summed E-state index contributed by atoms with van der Waals surface area (Å²) in [5.41, 5.74) is 1.76. The number of hydrogen-bond acceptors (Lipinski definition) is 5. The highest BCUT2D eigenvalue weighted by atomic mass is 32.2. The number of rotatable bonds is 6. The Morgan fingerprint density at radius 1 is 1.11 bits per heavy atom. The van der Waals surface area contributed by atoms with Crippen LogP contribution in [0.5, 0.6) is 0 Å². The van der Waals surface area contributed by atoms with Crippen LogP contribution in [0.2, 0.25) is 0 Å². The topological polar surface area (TPSA) is 79.4 Å². The molecule has 0 atom stereocenters. The molecule has 27 heavy (non-hydrogen) atoms. The monoisotopic (exact) mass is 401 g/mol. The van der Waals surface area contributed by atoms with Gasteiger partial charge in [-0.25, -0.2) is 13.4 Å². The summed E-state index contributed by atoms with van der Waals surface area (Å²) in [6, 6.07) is 14.7. The summed E-state index contributed by atoms with van der Waals surface area (Å²) in [4.78, 5) is 16.7. The minimum absolute atomic E-state index is 0.125. The third-order valence-corrected chi connectivity index (χ3v) is 6.61. The van der Waals surface area contributed by atoms with E-state index in [1.54, 1.807) is 24.3 Å². The highest BCUT2D eigenvalue weighted by Crippen LogP contribution is 2.21. The molecule has 0 radical (unpaired) electrons. The van der Waals surface area contributed by atoms with Crippen molar-refractivity contribution in [1.29, 1.82) is 0 Å². The van der Waals surface area contributed by atoms with E-state index in [0.29, 0.717) is 17.8 Å². The smallest absolute Gasteiger partial charge is 0.264 e. The summed E-state index contributed by atoms with van der Waals surface area (Å²) in [5.74, 6) is -0.277. The molecule has 2 aromatic carbocycles. The summed E-state index contributed by atoms with van der Waals surface area (Å²) in [6.45, 7) is 2.24. The quantitative estimate of drug-likeness (QED) is 0.688. The Labute approximate surface area is 162 Å². The number of amides is 1. The number of anilines is 1. The summed E-state index contributed by atoms with van der Waals surface area (Å²) >= 11 is 1.52. The van der Waals surface area contributed by atoms with Gasteiger partial charge in [0, 0.05) is 18.0 Å². The predicted molar refractivity (Wildman–Crippen MR) is 106 cm³/mol. The van der Waals surface area contributed by atoms with E-state index in [1.807, 2.05) is 18.4 Å². The van der Waals surface area contributed by atoms with Crippen molar-refractivity contribution in [2.45, 2.75) is 18.4 Å². The first-order valence-electron chi connectivity index (χ1n) is 8.21. The van der Waals surface area contributed by atoms with Crippen molar-refractivity contribution in [2.24, 2.45) is 0 Å². The van der Waals surface area contributed by atoms with Gasteiger partial charge in [0.15, 0.2) is 0 Å². The molecule has 8 heteroatoms. The predicted octanol–water partition coefficient (Wildman–Crippen LogP) is 3.21. The van der Waals surface area contributed by atoms with Gasteiger partial charge in [-0.1, -0.05) is 18.2 Å². The van der Waals surface area contributed by atoms with Crippen LogP contribution < -0.4 is 9.62 Å². The van der Waals surface area contributed by atoms with Crippen LogP contribution in [0.3, 0.4) is 0 Å². The molecule has 1 amide bonds. The van der Waals surface area contributed by atoms with Crippen molar-refractivity contribution < 1.29 is 13.2 Å². The van der Waals surface area contributed by atoms with Crippen LogP contribution in [0.1, 0.15) is 21.1 Å². The minimum atomic E-state index is -3.69. The van der Waals surface area contributed by atoms with E-state index >= 15 is 0 Å². The number of nitrogens with one attached hydrogen (secondary N) is 1. The number of benzene rings is 2. The fourth-order valence-corrected chi connectivity index (χ4v) is 4.28. The van der Waals surface area contributed by atoms with Gasteiger partial charge < -0.3 is 5.32 Å². The van der Waals surface area contributed by atoms with Crippen molar-refractivity contribution in [1.82, 2.24) is 10.3 Å². The summed E-state index contributed by atoms with van der Waals surface area (Å²) < 4.78 is 26.7. The third-order valence-electron chi connectivity index (χ3n) is 3.99. The maximum Gasteiger partial charge on any atom is 0.264 e. The van der Waals surface area contributed by atoms with Gasteiger partial charge >= 0.3 is 0 Å². The van der Waals surface area contributed by atoms with Gasteiger partial charge in [0.1, 0.15) is 0 Å². The number of para-hydroxylation sites is 1. The minimum Gasteiger partial charge on any atom is -0.346 e. The number of nitrogens with zero attached hydrogens (tertiary/aromatic N) is 2. The summed E-state index contributed by atoms with van der Waals surface area (Å²) in [5, 5.41) is 5.62. The van der Waals surface area contributed by atoms with E-state index < -0.39 is 10.0 Å². The average molecular weight is 402 g/mol. The third kappa shape index (κ3) is 4.35. The lowest BCUT2D eigenvalue weighted by atomic mass is 10.2. The van der Waals surface area contributed by atoms with Crippen LogP contribution in [0, 0.1) is 6.92 Å². The number of sulfonamides is 1. The number of carbonyl (C=O) groups excluding carboxylic acids is 1. The van der Waals surface area contributed by atoms with Crippen LogP contribution in [0.25, 0.3) is 0 Å². The lowest BCUT2D eigenvalue weighted by Gasteiger charge is -2.19. The summed E-state index contributed by atoms with van der Waals surface area (Å²) in [7, 11) is -2.19. The molecule has 0 aliphatic rings. The number of carbonyl (C=O) groups is 1. The molecule has 0 aliphatic carbocycles. The van der Waals surface area contributed by atoms with Gasteiger partial charge in [0.2, 0.25) is 0 Å². The molecular weight excluding hydrogens is 382 g/mol. The molecule has 0 spiro atoms. The van der Waals surface area contributed by atoms with Crippen molar-refractivity contribution in [3.05, 3.63) is 76.2 Å². The van der Waals surface area contributed by atoms with Crippen molar-refractivity contribution in [3.8, 4) is 0 Å². The van der Waals surface area contributed by atoms with E-state index in [-0.39, 0.29) is 10.8 Å². The number of thiazole rings is 1. The number of aromatic nitrogens is 1. The molecule has 0 bridgehead atoms. The SMILES string of the molecule is Cc1nc(CNC(=O)c2ccc(S(=O)(=O)N(C)c3ccccc3)cc2)cs1. The largest absolute Gasteiger partial charge is 0.346 e. The van der Waals surface area contributed by atoms with E-state index in [2.05, 4.69) is 10.3 Å². The second-order valence-corrected chi connectivity index (χ2v) is 8.90. The van der Waals surface area contributed by atoms with Crippen LogP contribution in [-0.2, 0) is 16.6 Å². The van der Waals surface area contributed by atoms with Gasteiger partial charge in [-0.05, 0) is 43.3 Å². The van der Waals surface area contributed by atoms with Crippen LogP contribution in [0.4, 0.5) is 5.69 Å². The Bertz CT molecular complexity index is 1030. The second-order valence-electron chi connectivity index (χ2n) is 5.87. The molecule has 1 heterocycles. The maximum absolute atomic E-state index is 12.7. The molecule has 1 N–H and O–H groups in total. The Morgan fingerprint density at radius 2 is 1.78 bits per heavy atom. The zero-order valence-corrected chi connectivity index (χ0v) is 16.5. The molecule has 0 saturated heterocycles. The Morgan fingerprint density at radius 3 is 2.37 bits per heavy atom. The van der Waals surface area contributed by atoms with Gasteiger partial charge in [0.05, 0.1) is 27.8 Å². The molecular formula is C19H19N3O3S2. The first-order chi connectivity index (χ1) is 12.9. The van der Waals surface area contributed by atoms with Crippen molar-refractivity contribution in [2.75, 3.05) is 11.4 Å². The lowest BCUT2D eigenvalue weighted by Crippen LogP contribution is -2.27. The molecule has 3 rings (SSSR count). The number of aryl methyl sites for hydroxylation is 1. The van der Waals surface area contributed by atoms with Crippen molar-refractivity contribution in [3.63, 3.8) is 0 Å². The first-order valence-corrected chi connectivity index (χ1v) is 10.5. The van der Waals surface area contributed by atoms with E-state index in [4.69, 9.17) is 0 Å². The standard InChI is InChI=1S/C19H19N3O3S2/c1-14-21-16(13-26-14)12-20-19(23)15-8-10-18(11-9-15)27(24,25)22(2)17-6-4-3-5-7-17/h3-11,13H,12H2,1-2H3,(H,20,23). The van der Waals surface area contributed by atoms with E-state index in [1.165, 1.54) is 47.0 Å². The molecule has 0 aliphatic heterocycles. The maximum atomic E-state index is 12.7. The molecule has 6 nitrogen and oxygen atoms in total. The summed E-state index contributed by atoms with van der Waals surface area (Å²) in [6.07, 6.45) is 0. The zero-order chi connectivity index (χ0) is 19.4. The van der Waals surface area contributed by atoms with Crippen molar-refractivity contribution >= 4 is 33.0 Å². The van der Waals surface area contributed by atoms with Gasteiger partial charge in [0.25, 0.3) is 15.9 Å². The number of hydrogen-bond donors (Lipinski definition) is 1. The van der Waals surface area contributed by atoms with Crippen LogP contribution in [0.15, 0.2) is 64.9 Å². The highest BCUT2D eigenvalue weighted by Gasteiger charge is 2.21. The Hall–Kier alpha value is -2.71. The lowest BCUT2D eigenvalue weighted by molar-refractivity contribution is 0.0950. The second kappa shape index (κ2) is 7.89. The molecule has 1 aromatic heterocycles. The fraction of sp³-hybridized carbons (Fsp3) is 0.158. The highest BCUT2D eigenvalue weighted by molar-refractivity contribution is 7.92. The van der Waals surface area contributed by atoms with Gasteiger partial charge in [-0.15, -0.1) is 11.3 Å². The van der Waals surface area contributed by atoms with Crippen LogP contribution in [-0.4, -0.2) is 26.4 Å². The molecule has 0 fully saturated rings. The van der Waals surface area contributed by atoms with Gasteiger partial charge in [-0.2, -0.15) is 0 Å². The molecule has 140 valence electrons. The van der Waals surface area contributed by atoms with Crippen LogP contribution >= 0.6 is 11.3 Å². The van der Waals surface area contributed by atoms with E-state index in [9.17, 15) is 13.2 Å². The average Bonchev–Trinajstić information content (AvgIpc) is 3.11. The normalized spacial score (nSPS) is 11.2. The van der Waals surface area contributed by atoms with Gasteiger partial charge in [-0.3, -0.25) is 9.10 Å². The first kappa shape index (κ1) is 19.1.